The Morgan fingerprint density at radius 2 is 2.11 bits per heavy atom. The van der Waals surface area contributed by atoms with Gasteiger partial charge in [-0.3, -0.25) is 0 Å². The zero-order valence-corrected chi connectivity index (χ0v) is 10.2. The topological polar surface area (TPSA) is 109 Å². The number of anilines is 1. The van der Waals surface area contributed by atoms with Crippen LogP contribution >= 0.6 is 0 Å². The summed E-state index contributed by atoms with van der Waals surface area (Å²) >= 11 is 0. The zero-order chi connectivity index (χ0) is 13.8. The van der Waals surface area contributed by atoms with E-state index < -0.39 is 27.4 Å². The van der Waals surface area contributed by atoms with Crippen molar-refractivity contribution in [2.45, 2.75) is 6.42 Å². The lowest BCUT2D eigenvalue weighted by molar-refractivity contribution is 0.0692. The van der Waals surface area contributed by atoms with Crippen molar-refractivity contribution >= 4 is 21.7 Å². The van der Waals surface area contributed by atoms with E-state index in [1.54, 1.807) is 0 Å². The van der Waals surface area contributed by atoms with Crippen LogP contribution in [0.25, 0.3) is 0 Å². The van der Waals surface area contributed by atoms with Crippen molar-refractivity contribution in [3.05, 3.63) is 29.6 Å². The average Bonchev–Trinajstić information content (AvgIpc) is 2.22. The number of hydrogen-bond acceptors (Lipinski definition) is 4. The van der Waals surface area contributed by atoms with Crippen molar-refractivity contribution < 1.29 is 22.7 Å². The number of nitrogens with two attached hydrogens (primary N) is 1. The van der Waals surface area contributed by atoms with Crippen LogP contribution in [0, 0.1) is 5.82 Å². The maximum atomic E-state index is 13.3. The number of hydrogen-bond donors (Lipinski definition) is 3. The average molecular weight is 276 g/mol. The molecule has 0 aromatic heterocycles. The van der Waals surface area contributed by atoms with Crippen LogP contribution in [0.5, 0.6) is 0 Å². The Bertz CT molecular complexity index is 545. The molecule has 0 atom stereocenters. The van der Waals surface area contributed by atoms with Crippen LogP contribution in [-0.4, -0.2) is 31.8 Å². The highest BCUT2D eigenvalue weighted by Gasteiger charge is 2.10. The molecule has 0 fully saturated rings. The number of rotatable bonds is 6. The van der Waals surface area contributed by atoms with Crippen molar-refractivity contribution in [1.82, 2.24) is 0 Å². The van der Waals surface area contributed by atoms with Gasteiger partial charge >= 0.3 is 5.97 Å². The summed E-state index contributed by atoms with van der Waals surface area (Å²) in [6, 6.07) is 3.59. The highest BCUT2D eigenvalue weighted by Crippen LogP contribution is 2.14. The predicted molar refractivity (Wildman–Crippen MR) is 64.4 cm³/mol. The Balaban J connectivity index is 2.54. The molecule has 1 aromatic carbocycles. The van der Waals surface area contributed by atoms with E-state index in [4.69, 9.17) is 10.2 Å². The lowest BCUT2D eigenvalue weighted by atomic mass is 10.2. The summed E-state index contributed by atoms with van der Waals surface area (Å²) in [4.78, 5) is 10.6. The van der Waals surface area contributed by atoms with Gasteiger partial charge in [0.05, 0.1) is 11.3 Å². The molecule has 0 heterocycles. The Kier molecular flexibility index (Phi) is 4.62. The first-order valence-electron chi connectivity index (χ1n) is 5.07. The van der Waals surface area contributed by atoms with E-state index in [-0.39, 0.29) is 12.2 Å². The molecule has 6 nitrogen and oxygen atoms in total. The number of benzene rings is 1. The summed E-state index contributed by atoms with van der Waals surface area (Å²) in [7, 11) is -3.50. The van der Waals surface area contributed by atoms with Crippen LogP contribution in [0.4, 0.5) is 10.1 Å². The van der Waals surface area contributed by atoms with E-state index in [1.807, 2.05) is 0 Å². The second kappa shape index (κ2) is 5.78. The maximum Gasteiger partial charge on any atom is 0.338 e. The van der Waals surface area contributed by atoms with Gasteiger partial charge in [0.1, 0.15) is 5.82 Å². The van der Waals surface area contributed by atoms with Crippen molar-refractivity contribution in [2.75, 3.05) is 17.6 Å². The van der Waals surface area contributed by atoms with E-state index in [0.717, 1.165) is 12.1 Å². The molecule has 0 radical (unpaired) electrons. The first-order valence-corrected chi connectivity index (χ1v) is 6.78. The molecule has 0 aliphatic heterocycles. The minimum atomic E-state index is -3.50. The summed E-state index contributed by atoms with van der Waals surface area (Å²) in [5.74, 6) is -2.36. The van der Waals surface area contributed by atoms with Gasteiger partial charge in [0.25, 0.3) is 0 Å². The Labute approximate surface area is 104 Å². The Morgan fingerprint density at radius 3 is 2.61 bits per heavy atom. The van der Waals surface area contributed by atoms with Crippen molar-refractivity contribution in [2.24, 2.45) is 5.14 Å². The van der Waals surface area contributed by atoms with Gasteiger partial charge in [-0.05, 0) is 24.6 Å². The van der Waals surface area contributed by atoms with Crippen LogP contribution in [0.15, 0.2) is 18.2 Å². The second-order valence-electron chi connectivity index (χ2n) is 3.65. The summed E-state index contributed by atoms with van der Waals surface area (Å²) in [6.07, 6.45) is 0.279. The molecule has 0 aliphatic rings. The van der Waals surface area contributed by atoms with Crippen LogP contribution in [0.3, 0.4) is 0 Å². The Hall–Kier alpha value is -1.67. The fourth-order valence-corrected chi connectivity index (χ4v) is 1.85. The maximum absolute atomic E-state index is 13.3. The largest absolute Gasteiger partial charge is 0.478 e. The highest BCUT2D eigenvalue weighted by atomic mass is 32.2. The number of primary sulfonamides is 1. The minimum Gasteiger partial charge on any atom is -0.478 e. The highest BCUT2D eigenvalue weighted by molar-refractivity contribution is 7.89. The molecule has 0 bridgehead atoms. The third-order valence-corrected chi connectivity index (χ3v) is 2.99. The normalized spacial score (nSPS) is 11.2. The third-order valence-electron chi connectivity index (χ3n) is 2.13. The summed E-state index contributed by atoms with van der Waals surface area (Å²) < 4.78 is 34.5. The first kappa shape index (κ1) is 14.4. The number of nitrogens with one attached hydrogen (secondary N) is 1. The molecule has 0 unspecified atom stereocenters. The third kappa shape index (κ3) is 4.68. The van der Waals surface area contributed by atoms with E-state index in [0.29, 0.717) is 12.2 Å². The van der Waals surface area contributed by atoms with Crippen molar-refractivity contribution in [3.63, 3.8) is 0 Å². The van der Waals surface area contributed by atoms with E-state index in [1.165, 1.54) is 6.07 Å². The van der Waals surface area contributed by atoms with Crippen LogP contribution in [0.1, 0.15) is 16.8 Å². The Morgan fingerprint density at radius 1 is 1.44 bits per heavy atom. The van der Waals surface area contributed by atoms with Crippen LogP contribution in [0.2, 0.25) is 0 Å². The van der Waals surface area contributed by atoms with Crippen molar-refractivity contribution in [3.8, 4) is 0 Å². The molecule has 0 spiro atoms. The van der Waals surface area contributed by atoms with E-state index in [9.17, 15) is 17.6 Å². The SMILES string of the molecule is NS(=O)(=O)CCCNc1ccc(C(=O)O)c(F)c1. The van der Waals surface area contributed by atoms with E-state index >= 15 is 0 Å². The van der Waals surface area contributed by atoms with Gasteiger partial charge in [0.2, 0.25) is 10.0 Å². The molecule has 0 saturated heterocycles. The number of carbonyl (C=O) groups is 1. The summed E-state index contributed by atoms with van der Waals surface area (Å²) in [5, 5.41) is 16.2. The van der Waals surface area contributed by atoms with Gasteiger partial charge in [-0.15, -0.1) is 0 Å². The molecule has 1 aromatic rings. The molecular weight excluding hydrogens is 263 g/mol. The van der Waals surface area contributed by atoms with Gasteiger partial charge in [-0.25, -0.2) is 22.7 Å². The number of halogens is 1. The molecule has 8 heteroatoms. The second-order valence-corrected chi connectivity index (χ2v) is 5.38. The summed E-state index contributed by atoms with van der Waals surface area (Å²) in [5.41, 5.74) is -0.0306. The lowest BCUT2D eigenvalue weighted by Crippen LogP contribution is -2.18. The van der Waals surface area contributed by atoms with Gasteiger partial charge in [-0.2, -0.15) is 0 Å². The number of aromatic carboxylic acids is 1. The van der Waals surface area contributed by atoms with E-state index in [2.05, 4.69) is 5.32 Å². The minimum absolute atomic E-state index is 0.171. The molecular formula is C10H13FN2O4S. The number of sulfonamides is 1. The standard InChI is InChI=1S/C10H13FN2O4S/c11-9-6-7(2-3-8(9)10(14)15)13-4-1-5-18(12,16)17/h2-3,6,13H,1,4-5H2,(H,14,15)(H2,12,16,17). The molecule has 18 heavy (non-hydrogen) atoms. The lowest BCUT2D eigenvalue weighted by Gasteiger charge is -2.06. The molecule has 0 amide bonds. The molecule has 4 N–H and O–H groups in total. The van der Waals surface area contributed by atoms with Gasteiger partial charge < -0.3 is 10.4 Å². The van der Waals surface area contributed by atoms with Gasteiger partial charge in [-0.1, -0.05) is 0 Å². The smallest absolute Gasteiger partial charge is 0.338 e. The van der Waals surface area contributed by atoms with Gasteiger partial charge in [0, 0.05) is 12.2 Å². The molecule has 0 saturated carbocycles. The quantitative estimate of drug-likeness (QED) is 0.660. The monoisotopic (exact) mass is 276 g/mol. The summed E-state index contributed by atoms with van der Waals surface area (Å²) in [6.45, 7) is 0.294. The fourth-order valence-electron chi connectivity index (χ4n) is 1.30. The van der Waals surface area contributed by atoms with Gasteiger partial charge in [0.15, 0.2) is 0 Å². The molecule has 0 aliphatic carbocycles. The zero-order valence-electron chi connectivity index (χ0n) is 9.39. The fraction of sp³-hybridized carbons (Fsp3) is 0.300. The van der Waals surface area contributed by atoms with Crippen molar-refractivity contribution in [1.29, 1.82) is 0 Å². The molecule has 1 rings (SSSR count). The predicted octanol–water partition coefficient (Wildman–Crippen LogP) is 0.614. The molecule has 100 valence electrons. The number of carboxylic acids is 1. The first-order chi connectivity index (χ1) is 8.29. The number of carboxylic acid groups (broad SMARTS) is 1. The van der Waals surface area contributed by atoms with Crippen LogP contribution in [-0.2, 0) is 10.0 Å². The van der Waals surface area contributed by atoms with Crippen LogP contribution < -0.4 is 10.5 Å².